The smallest absolute Gasteiger partial charge is 0.337 e. The van der Waals surface area contributed by atoms with Crippen LogP contribution in [0, 0.1) is 0 Å². The fourth-order valence-electron chi connectivity index (χ4n) is 3.90. The number of ether oxygens (including phenoxy) is 2. The number of urea groups is 1. The molecule has 3 aliphatic rings. The predicted octanol–water partition coefficient (Wildman–Crippen LogP) is -0.912. The SMILES string of the molecule is CCOC(=O)C1=C(CN2CCN(S(=O)(=O)N3CC(C)OC(C)C3)CC2)NC(=O)NC1. The number of nitrogens with zero attached hydrogens (tertiary/aromatic N) is 3. The van der Waals surface area contributed by atoms with Gasteiger partial charge in [0.25, 0.3) is 10.2 Å². The highest BCUT2D eigenvalue weighted by molar-refractivity contribution is 7.86. The van der Waals surface area contributed by atoms with Gasteiger partial charge in [0, 0.05) is 51.5 Å². The topological polar surface area (TPSA) is 121 Å². The van der Waals surface area contributed by atoms with Crippen LogP contribution in [0.25, 0.3) is 0 Å². The number of carbonyl (C=O) groups is 2. The molecule has 0 saturated carbocycles. The first-order chi connectivity index (χ1) is 14.2. The Kier molecular flexibility index (Phi) is 7.34. The van der Waals surface area contributed by atoms with E-state index in [4.69, 9.17) is 9.47 Å². The molecule has 2 fully saturated rings. The minimum atomic E-state index is -3.55. The Balaban J connectivity index is 1.62. The summed E-state index contributed by atoms with van der Waals surface area (Å²) in [6, 6.07) is -0.366. The summed E-state index contributed by atoms with van der Waals surface area (Å²) in [4.78, 5) is 25.9. The quantitative estimate of drug-likeness (QED) is 0.508. The highest BCUT2D eigenvalue weighted by Crippen LogP contribution is 2.19. The number of rotatable bonds is 6. The third kappa shape index (κ3) is 5.30. The van der Waals surface area contributed by atoms with Gasteiger partial charge in [-0.1, -0.05) is 0 Å². The van der Waals surface area contributed by atoms with Crippen LogP contribution in [-0.4, -0.2) is 105 Å². The van der Waals surface area contributed by atoms with Crippen LogP contribution in [0.15, 0.2) is 11.3 Å². The van der Waals surface area contributed by atoms with E-state index >= 15 is 0 Å². The molecule has 0 bridgehead atoms. The molecule has 170 valence electrons. The van der Waals surface area contributed by atoms with Crippen molar-refractivity contribution in [2.45, 2.75) is 33.0 Å². The van der Waals surface area contributed by atoms with E-state index in [-0.39, 0.29) is 31.4 Å². The van der Waals surface area contributed by atoms with Gasteiger partial charge in [-0.3, -0.25) is 4.90 Å². The van der Waals surface area contributed by atoms with E-state index in [0.717, 1.165) is 0 Å². The minimum absolute atomic E-state index is 0.113. The molecule has 2 saturated heterocycles. The van der Waals surface area contributed by atoms with Crippen molar-refractivity contribution in [3.05, 3.63) is 11.3 Å². The van der Waals surface area contributed by atoms with Crippen molar-refractivity contribution in [1.82, 2.24) is 24.1 Å². The van der Waals surface area contributed by atoms with Gasteiger partial charge in [-0.15, -0.1) is 0 Å². The van der Waals surface area contributed by atoms with Crippen LogP contribution < -0.4 is 10.6 Å². The van der Waals surface area contributed by atoms with Gasteiger partial charge in [0.15, 0.2) is 0 Å². The molecule has 2 unspecified atom stereocenters. The van der Waals surface area contributed by atoms with Crippen LogP contribution in [0.5, 0.6) is 0 Å². The second-order valence-electron chi connectivity index (χ2n) is 7.74. The first-order valence-electron chi connectivity index (χ1n) is 10.3. The molecule has 12 heteroatoms. The number of carbonyl (C=O) groups excluding carboxylic acids is 2. The maximum atomic E-state index is 13.0. The lowest BCUT2D eigenvalue weighted by Gasteiger charge is -2.40. The van der Waals surface area contributed by atoms with E-state index in [0.29, 0.717) is 57.1 Å². The Labute approximate surface area is 177 Å². The molecule has 3 heterocycles. The van der Waals surface area contributed by atoms with E-state index in [9.17, 15) is 18.0 Å². The van der Waals surface area contributed by atoms with Crippen LogP contribution >= 0.6 is 0 Å². The normalized spacial score (nSPS) is 27.5. The van der Waals surface area contributed by atoms with Gasteiger partial charge in [0.2, 0.25) is 0 Å². The van der Waals surface area contributed by atoms with E-state index in [1.165, 1.54) is 8.61 Å². The molecule has 30 heavy (non-hydrogen) atoms. The zero-order chi connectivity index (χ0) is 21.9. The molecule has 0 aromatic rings. The zero-order valence-corrected chi connectivity index (χ0v) is 18.5. The molecule has 2 amide bonds. The maximum absolute atomic E-state index is 13.0. The molecule has 0 aliphatic carbocycles. The molecule has 0 spiro atoms. The fourth-order valence-corrected chi connectivity index (χ4v) is 5.65. The Morgan fingerprint density at radius 1 is 1.13 bits per heavy atom. The van der Waals surface area contributed by atoms with Crippen LogP contribution in [0.2, 0.25) is 0 Å². The van der Waals surface area contributed by atoms with Crippen molar-refractivity contribution in [3.8, 4) is 0 Å². The lowest BCUT2D eigenvalue weighted by molar-refractivity contribution is -0.138. The lowest BCUT2D eigenvalue weighted by Crippen LogP contribution is -2.57. The van der Waals surface area contributed by atoms with E-state index in [1.807, 2.05) is 18.7 Å². The molecule has 0 aromatic carbocycles. The Morgan fingerprint density at radius 3 is 2.37 bits per heavy atom. The summed E-state index contributed by atoms with van der Waals surface area (Å²) >= 11 is 0. The molecule has 11 nitrogen and oxygen atoms in total. The van der Waals surface area contributed by atoms with Gasteiger partial charge in [-0.05, 0) is 20.8 Å². The summed E-state index contributed by atoms with van der Waals surface area (Å²) in [6.45, 7) is 8.56. The Hall–Kier alpha value is -1.73. The molecular weight excluding hydrogens is 414 g/mol. The van der Waals surface area contributed by atoms with Crippen LogP contribution in [0.3, 0.4) is 0 Å². The molecule has 3 rings (SSSR count). The van der Waals surface area contributed by atoms with Crippen molar-refractivity contribution in [1.29, 1.82) is 0 Å². The van der Waals surface area contributed by atoms with Crippen LogP contribution in [0.1, 0.15) is 20.8 Å². The number of morpholine rings is 1. The van der Waals surface area contributed by atoms with Gasteiger partial charge in [-0.25, -0.2) is 9.59 Å². The Morgan fingerprint density at radius 2 is 1.77 bits per heavy atom. The highest BCUT2D eigenvalue weighted by Gasteiger charge is 2.37. The summed E-state index contributed by atoms with van der Waals surface area (Å²) in [7, 11) is -3.55. The number of nitrogens with one attached hydrogen (secondary N) is 2. The van der Waals surface area contributed by atoms with E-state index in [2.05, 4.69) is 10.6 Å². The monoisotopic (exact) mass is 445 g/mol. The third-order valence-corrected chi connectivity index (χ3v) is 7.30. The first kappa shape index (κ1) is 22.9. The largest absolute Gasteiger partial charge is 0.463 e. The van der Waals surface area contributed by atoms with Gasteiger partial charge in [0.1, 0.15) is 0 Å². The number of hydrogen-bond donors (Lipinski definition) is 2. The second kappa shape index (κ2) is 9.60. The van der Waals surface area contributed by atoms with Gasteiger partial charge < -0.3 is 20.1 Å². The average molecular weight is 446 g/mol. The number of piperazine rings is 1. The van der Waals surface area contributed by atoms with Gasteiger partial charge >= 0.3 is 12.0 Å². The first-order valence-corrected chi connectivity index (χ1v) is 11.7. The number of esters is 1. The zero-order valence-electron chi connectivity index (χ0n) is 17.7. The fraction of sp³-hybridized carbons (Fsp3) is 0.778. The minimum Gasteiger partial charge on any atom is -0.463 e. The molecule has 3 aliphatic heterocycles. The molecule has 2 atom stereocenters. The van der Waals surface area contributed by atoms with Crippen molar-refractivity contribution < 1.29 is 27.5 Å². The van der Waals surface area contributed by atoms with Crippen LogP contribution in [0.4, 0.5) is 4.79 Å². The van der Waals surface area contributed by atoms with Crippen molar-refractivity contribution in [2.24, 2.45) is 0 Å². The third-order valence-electron chi connectivity index (χ3n) is 5.33. The summed E-state index contributed by atoms with van der Waals surface area (Å²) < 4.78 is 39.8. The predicted molar refractivity (Wildman–Crippen MR) is 109 cm³/mol. The summed E-state index contributed by atoms with van der Waals surface area (Å²) in [5.74, 6) is -0.461. The summed E-state index contributed by atoms with van der Waals surface area (Å²) in [5, 5.41) is 5.27. The van der Waals surface area contributed by atoms with Crippen molar-refractivity contribution in [3.63, 3.8) is 0 Å². The molecule has 0 aromatic heterocycles. The maximum Gasteiger partial charge on any atom is 0.337 e. The highest BCUT2D eigenvalue weighted by atomic mass is 32.2. The standard InChI is InChI=1S/C18H31N5O6S/c1-4-28-17(24)15-9-19-18(25)20-16(15)12-21-5-7-22(8-6-21)30(26,27)23-10-13(2)29-14(3)11-23/h13-14H,4-12H2,1-3H3,(H2,19,20,25). The molecule has 2 N–H and O–H groups in total. The lowest BCUT2D eigenvalue weighted by atomic mass is 10.1. The molecule has 0 radical (unpaired) electrons. The van der Waals surface area contributed by atoms with Gasteiger partial charge in [-0.2, -0.15) is 17.0 Å². The van der Waals surface area contributed by atoms with E-state index in [1.54, 1.807) is 6.92 Å². The summed E-state index contributed by atoms with van der Waals surface area (Å²) in [6.07, 6.45) is -0.275. The number of hydrogen-bond acceptors (Lipinski definition) is 7. The summed E-state index contributed by atoms with van der Waals surface area (Å²) in [5.41, 5.74) is 0.895. The second-order valence-corrected chi connectivity index (χ2v) is 9.67. The Bertz CT molecular complexity index is 783. The average Bonchev–Trinajstić information content (AvgIpc) is 2.68. The van der Waals surface area contributed by atoms with Crippen molar-refractivity contribution >= 4 is 22.2 Å². The molecular formula is C18H31N5O6S. The van der Waals surface area contributed by atoms with Crippen LogP contribution in [-0.2, 0) is 24.5 Å². The number of amides is 2. The van der Waals surface area contributed by atoms with E-state index < -0.39 is 16.2 Å². The van der Waals surface area contributed by atoms with Crippen molar-refractivity contribution in [2.75, 3.05) is 59.0 Å². The van der Waals surface area contributed by atoms with Gasteiger partial charge in [0.05, 0.1) is 30.9 Å².